The summed E-state index contributed by atoms with van der Waals surface area (Å²) >= 11 is 6.01. The number of hydrogen-bond donors (Lipinski definition) is 0. The molecule has 0 aromatic heterocycles. The van der Waals surface area contributed by atoms with E-state index in [1.54, 1.807) is 20.8 Å². The Morgan fingerprint density at radius 2 is 0.794 bits per heavy atom. The van der Waals surface area contributed by atoms with Gasteiger partial charge in [-0.25, -0.2) is 0 Å². The van der Waals surface area contributed by atoms with Gasteiger partial charge in [0, 0.05) is 19.6 Å². The maximum absolute atomic E-state index is 11.4. The van der Waals surface area contributed by atoms with Gasteiger partial charge in [0.1, 0.15) is 31.6 Å². The first-order valence-electron chi connectivity index (χ1n) is 11.0. The zero-order valence-electron chi connectivity index (χ0n) is 20.0. The van der Waals surface area contributed by atoms with Crippen molar-refractivity contribution in [2.24, 2.45) is 0 Å². The highest BCUT2D eigenvalue weighted by molar-refractivity contribution is 14.1. The van der Waals surface area contributed by atoms with Crippen LogP contribution in [0.1, 0.15) is 20.8 Å². The van der Waals surface area contributed by atoms with Gasteiger partial charge >= 0.3 is 17.9 Å². The summed E-state index contributed by atoms with van der Waals surface area (Å²) in [6.07, 6.45) is 0. The average Bonchev–Trinajstić information content (AvgIpc) is 2.78. The normalized spacial score (nSPS) is 13.9. The zero-order valence-corrected chi connectivity index (χ0v) is 26.4. The summed E-state index contributed by atoms with van der Waals surface area (Å²) in [5.74, 6) is -0.757. The lowest BCUT2D eigenvalue weighted by Crippen LogP contribution is -2.34. The molecule has 0 saturated heterocycles. The summed E-state index contributed by atoms with van der Waals surface area (Å²) < 4.78 is 31.4. The third kappa shape index (κ3) is 20.6. The van der Waals surface area contributed by atoms with Crippen LogP contribution in [0.25, 0.3) is 0 Å². The first-order valence-corrected chi connectivity index (χ1v) is 14.8. The van der Waals surface area contributed by atoms with Gasteiger partial charge in [-0.05, 0) is 20.8 Å². The van der Waals surface area contributed by atoms with Crippen LogP contribution in [0.4, 0.5) is 0 Å². The van der Waals surface area contributed by atoms with Crippen molar-refractivity contribution in [1.82, 2.24) is 4.90 Å². The molecular formula is C21H36I3NO9. The maximum Gasteiger partial charge on any atom is 0.318 e. The van der Waals surface area contributed by atoms with Crippen molar-refractivity contribution in [1.29, 1.82) is 0 Å². The Hall–Kier alpha value is 0.440. The molecule has 200 valence electrons. The number of hydrogen-bond acceptors (Lipinski definition) is 10. The van der Waals surface area contributed by atoms with Crippen molar-refractivity contribution in [3.05, 3.63) is 0 Å². The van der Waals surface area contributed by atoms with Crippen LogP contribution in [-0.2, 0) is 42.8 Å². The quantitative estimate of drug-likeness (QED) is 0.0564. The predicted octanol–water partition coefficient (Wildman–Crippen LogP) is 2.44. The van der Waals surface area contributed by atoms with Crippen LogP contribution in [0.15, 0.2) is 0 Å². The Kier molecular flexibility index (Phi) is 22.9. The van der Waals surface area contributed by atoms with E-state index in [1.165, 1.54) is 0 Å². The molecular weight excluding hydrogens is 791 g/mol. The van der Waals surface area contributed by atoms with Crippen LogP contribution in [0.2, 0.25) is 0 Å². The first kappa shape index (κ1) is 34.4. The zero-order chi connectivity index (χ0) is 25.8. The molecule has 0 rings (SSSR count). The fourth-order valence-corrected chi connectivity index (χ4v) is 2.71. The highest BCUT2D eigenvalue weighted by Gasteiger charge is 2.11. The molecule has 0 aliphatic carbocycles. The first-order chi connectivity index (χ1) is 16.1. The molecule has 3 unspecified atom stereocenters. The van der Waals surface area contributed by atoms with E-state index >= 15 is 0 Å². The largest absolute Gasteiger partial charge is 0.462 e. The fraction of sp³-hybridized carbons (Fsp3) is 0.857. The summed E-state index contributed by atoms with van der Waals surface area (Å²) in [6, 6.07) is 0. The summed E-state index contributed by atoms with van der Waals surface area (Å²) in [5, 5.41) is 0. The van der Waals surface area contributed by atoms with Gasteiger partial charge in [-0.15, -0.1) is 0 Å². The molecule has 0 saturated carbocycles. The van der Waals surface area contributed by atoms with Crippen LogP contribution in [-0.4, -0.2) is 114 Å². The highest BCUT2D eigenvalue weighted by Crippen LogP contribution is 2.02. The molecule has 0 aromatic rings. The Balaban J connectivity index is 4.14. The number of ether oxygens (including phenoxy) is 6. The van der Waals surface area contributed by atoms with Crippen LogP contribution in [0.3, 0.4) is 0 Å². The van der Waals surface area contributed by atoms with Gasteiger partial charge in [-0.1, -0.05) is 67.8 Å². The second kappa shape index (κ2) is 22.6. The number of rotatable bonds is 21. The Bertz CT molecular complexity index is 490. The van der Waals surface area contributed by atoms with E-state index in [4.69, 9.17) is 28.4 Å². The van der Waals surface area contributed by atoms with Crippen molar-refractivity contribution >= 4 is 85.7 Å². The van der Waals surface area contributed by atoms with Crippen molar-refractivity contribution in [3.8, 4) is 0 Å². The van der Waals surface area contributed by atoms with Crippen molar-refractivity contribution in [3.63, 3.8) is 0 Å². The molecule has 13 heteroatoms. The lowest BCUT2D eigenvalue weighted by atomic mass is 10.4. The third-order valence-corrected chi connectivity index (χ3v) is 5.57. The molecule has 0 heterocycles. The number of alkyl halides is 3. The van der Waals surface area contributed by atoms with Crippen molar-refractivity contribution < 1.29 is 42.8 Å². The molecule has 10 nitrogen and oxygen atoms in total. The van der Waals surface area contributed by atoms with Gasteiger partial charge in [0.15, 0.2) is 0 Å². The summed E-state index contributed by atoms with van der Waals surface area (Å²) in [7, 11) is 0. The predicted molar refractivity (Wildman–Crippen MR) is 152 cm³/mol. The van der Waals surface area contributed by atoms with E-state index in [1.807, 2.05) is 67.8 Å². The minimum absolute atomic E-state index is 0.185. The van der Waals surface area contributed by atoms with Gasteiger partial charge in [0.05, 0.1) is 39.6 Å². The standard InChI is InChI=1S/C21H36I3NO9/c1-16(22)19(26)32-13-10-29-7-4-25(5-8-30-11-14-33-20(27)17(2)23)6-9-31-12-15-34-21(28)18(3)24/h16-18H,4-15H2,1-3H3. The monoisotopic (exact) mass is 827 g/mol. The van der Waals surface area contributed by atoms with Gasteiger partial charge in [0.2, 0.25) is 0 Å². The molecule has 0 radical (unpaired) electrons. The molecule has 0 aliphatic rings. The third-order valence-electron chi connectivity index (χ3n) is 4.05. The van der Waals surface area contributed by atoms with E-state index in [-0.39, 0.29) is 49.5 Å². The molecule has 0 amide bonds. The second-order valence-electron chi connectivity index (χ2n) is 7.03. The number of halogens is 3. The fourth-order valence-electron chi connectivity index (χ4n) is 2.17. The Morgan fingerprint density at radius 1 is 0.529 bits per heavy atom. The molecule has 0 aliphatic heterocycles. The molecule has 0 spiro atoms. The van der Waals surface area contributed by atoms with E-state index in [9.17, 15) is 14.4 Å². The van der Waals surface area contributed by atoms with E-state index in [0.717, 1.165) is 0 Å². The molecule has 0 bridgehead atoms. The van der Waals surface area contributed by atoms with Crippen LogP contribution in [0.5, 0.6) is 0 Å². The topological polar surface area (TPSA) is 110 Å². The van der Waals surface area contributed by atoms with Gasteiger partial charge in [0.25, 0.3) is 0 Å². The smallest absolute Gasteiger partial charge is 0.318 e. The summed E-state index contributed by atoms with van der Waals surface area (Å²) in [4.78, 5) is 36.4. The maximum atomic E-state index is 11.4. The molecule has 3 atom stereocenters. The summed E-state index contributed by atoms with van der Waals surface area (Å²) in [5.41, 5.74) is 0. The molecule has 34 heavy (non-hydrogen) atoms. The molecule has 0 aromatic carbocycles. The Labute approximate surface area is 243 Å². The van der Waals surface area contributed by atoms with E-state index in [2.05, 4.69) is 4.90 Å². The summed E-state index contributed by atoms with van der Waals surface area (Å²) in [6.45, 7) is 10.3. The van der Waals surface area contributed by atoms with Crippen LogP contribution in [0, 0.1) is 0 Å². The minimum Gasteiger partial charge on any atom is -0.462 e. The second-order valence-corrected chi connectivity index (χ2v) is 12.6. The minimum atomic E-state index is -0.252. The van der Waals surface area contributed by atoms with Crippen LogP contribution >= 0.6 is 67.8 Å². The average molecular weight is 827 g/mol. The molecule has 0 fully saturated rings. The van der Waals surface area contributed by atoms with E-state index in [0.29, 0.717) is 59.3 Å². The lowest BCUT2D eigenvalue weighted by molar-refractivity contribution is -0.144. The van der Waals surface area contributed by atoms with Crippen LogP contribution < -0.4 is 0 Å². The number of nitrogens with zero attached hydrogens (tertiary/aromatic N) is 1. The molecule has 0 N–H and O–H groups in total. The lowest BCUT2D eigenvalue weighted by Gasteiger charge is -2.22. The van der Waals surface area contributed by atoms with Crippen molar-refractivity contribution in [2.45, 2.75) is 32.5 Å². The SMILES string of the molecule is CC(I)C(=O)OCCOCCN(CCOCCOC(=O)C(C)I)CCOCCOC(=O)C(C)I. The van der Waals surface area contributed by atoms with Crippen molar-refractivity contribution in [2.75, 3.05) is 79.1 Å². The number of carbonyl (C=O) groups excluding carboxylic acids is 3. The number of esters is 3. The van der Waals surface area contributed by atoms with Gasteiger partial charge in [-0.2, -0.15) is 0 Å². The highest BCUT2D eigenvalue weighted by atomic mass is 127. The van der Waals surface area contributed by atoms with Gasteiger partial charge < -0.3 is 28.4 Å². The van der Waals surface area contributed by atoms with E-state index < -0.39 is 0 Å². The Morgan fingerprint density at radius 3 is 1.03 bits per heavy atom. The van der Waals surface area contributed by atoms with Gasteiger partial charge in [-0.3, -0.25) is 19.3 Å². The number of carbonyl (C=O) groups is 3.